The maximum atomic E-state index is 12.8. The molecule has 160 valence electrons. The highest BCUT2D eigenvalue weighted by Crippen LogP contribution is 2.29. The standard InChI is InChI=1S/C22H40N4O2/c1-3-24(4-2)22(28)25-14-8-10-18(17-25)21(27)23-16-20-13-9-15-26(20)19-11-6-5-7-12-19/h18-20H,3-17H2,1-2H3,(H,23,27)/t18-,20-/m0/s1. The van der Waals surface area contributed by atoms with Crippen molar-refractivity contribution in [3.63, 3.8) is 0 Å². The number of piperidine rings is 1. The van der Waals surface area contributed by atoms with Crippen LogP contribution in [0.5, 0.6) is 0 Å². The van der Waals surface area contributed by atoms with Crippen LogP contribution in [0, 0.1) is 5.92 Å². The van der Waals surface area contributed by atoms with E-state index in [-0.39, 0.29) is 17.9 Å². The first-order chi connectivity index (χ1) is 13.6. The van der Waals surface area contributed by atoms with Crippen molar-refractivity contribution in [3.05, 3.63) is 0 Å². The lowest BCUT2D eigenvalue weighted by Gasteiger charge is -2.37. The Balaban J connectivity index is 1.48. The quantitative estimate of drug-likeness (QED) is 0.756. The van der Waals surface area contributed by atoms with Gasteiger partial charge >= 0.3 is 6.03 Å². The number of rotatable bonds is 6. The van der Waals surface area contributed by atoms with Gasteiger partial charge in [-0.25, -0.2) is 4.79 Å². The number of urea groups is 1. The first-order valence-electron chi connectivity index (χ1n) is 11.7. The summed E-state index contributed by atoms with van der Waals surface area (Å²) in [7, 11) is 0. The summed E-state index contributed by atoms with van der Waals surface area (Å²) in [6.07, 6.45) is 11.0. The summed E-state index contributed by atoms with van der Waals surface area (Å²) in [5, 5.41) is 3.25. The second kappa shape index (κ2) is 10.5. The summed E-state index contributed by atoms with van der Waals surface area (Å²) in [6, 6.07) is 1.32. The van der Waals surface area contributed by atoms with Crippen molar-refractivity contribution in [3.8, 4) is 0 Å². The van der Waals surface area contributed by atoms with Crippen LogP contribution in [0.1, 0.15) is 71.6 Å². The number of nitrogens with one attached hydrogen (secondary N) is 1. The molecule has 0 bridgehead atoms. The van der Waals surface area contributed by atoms with E-state index in [1.54, 1.807) is 0 Å². The van der Waals surface area contributed by atoms with Crippen LogP contribution in [-0.4, -0.2) is 78.0 Å². The third-order valence-electron chi connectivity index (χ3n) is 7.07. The van der Waals surface area contributed by atoms with Gasteiger partial charge in [0.25, 0.3) is 0 Å². The lowest BCUT2D eigenvalue weighted by Crippen LogP contribution is -2.51. The van der Waals surface area contributed by atoms with Gasteiger partial charge in [-0.1, -0.05) is 19.3 Å². The lowest BCUT2D eigenvalue weighted by atomic mass is 9.93. The molecular weight excluding hydrogens is 352 g/mol. The molecule has 0 unspecified atom stereocenters. The fourth-order valence-electron chi connectivity index (χ4n) is 5.39. The second-order valence-electron chi connectivity index (χ2n) is 8.81. The zero-order valence-electron chi connectivity index (χ0n) is 18.0. The van der Waals surface area contributed by atoms with Crippen LogP contribution < -0.4 is 5.32 Å². The van der Waals surface area contributed by atoms with Gasteiger partial charge in [0.2, 0.25) is 5.91 Å². The summed E-state index contributed by atoms with van der Waals surface area (Å²) in [6.45, 7) is 8.78. The molecule has 2 heterocycles. The molecule has 0 aromatic heterocycles. The Labute approximate surface area is 171 Å². The number of carbonyl (C=O) groups is 2. The van der Waals surface area contributed by atoms with Crippen molar-refractivity contribution in [1.82, 2.24) is 20.0 Å². The highest BCUT2D eigenvalue weighted by molar-refractivity contribution is 5.81. The third-order valence-corrected chi connectivity index (χ3v) is 7.07. The van der Waals surface area contributed by atoms with Gasteiger partial charge in [0.1, 0.15) is 0 Å². The largest absolute Gasteiger partial charge is 0.354 e. The summed E-state index contributed by atoms with van der Waals surface area (Å²) in [4.78, 5) is 31.9. The molecule has 3 fully saturated rings. The highest BCUT2D eigenvalue weighted by atomic mass is 16.2. The molecule has 1 aliphatic carbocycles. The molecule has 0 radical (unpaired) electrons. The lowest BCUT2D eigenvalue weighted by molar-refractivity contribution is -0.126. The zero-order valence-corrected chi connectivity index (χ0v) is 18.0. The molecule has 1 saturated carbocycles. The minimum absolute atomic E-state index is 0.0576. The third kappa shape index (κ3) is 5.19. The number of amides is 3. The number of hydrogen-bond acceptors (Lipinski definition) is 3. The van der Waals surface area contributed by atoms with Crippen molar-refractivity contribution in [2.75, 3.05) is 39.3 Å². The molecule has 1 N–H and O–H groups in total. The first kappa shape index (κ1) is 21.4. The van der Waals surface area contributed by atoms with Crippen LogP contribution >= 0.6 is 0 Å². The smallest absolute Gasteiger partial charge is 0.320 e. The molecule has 0 spiro atoms. The molecule has 3 rings (SSSR count). The molecular formula is C22H40N4O2. The van der Waals surface area contributed by atoms with E-state index in [9.17, 15) is 9.59 Å². The maximum absolute atomic E-state index is 12.8. The molecule has 2 aliphatic heterocycles. The van der Waals surface area contributed by atoms with E-state index in [0.29, 0.717) is 12.6 Å². The van der Waals surface area contributed by atoms with Gasteiger partial charge in [0.05, 0.1) is 5.92 Å². The van der Waals surface area contributed by atoms with Crippen LogP contribution in [0.25, 0.3) is 0 Å². The van der Waals surface area contributed by atoms with E-state index in [2.05, 4.69) is 10.2 Å². The predicted molar refractivity (Wildman–Crippen MR) is 112 cm³/mol. The molecule has 28 heavy (non-hydrogen) atoms. The van der Waals surface area contributed by atoms with Crippen LogP contribution in [0.15, 0.2) is 0 Å². The minimum atomic E-state index is -0.0576. The Kier molecular flexibility index (Phi) is 8.00. The molecule has 0 aromatic carbocycles. The van der Waals surface area contributed by atoms with E-state index in [0.717, 1.165) is 45.1 Å². The van der Waals surface area contributed by atoms with Crippen LogP contribution in [0.4, 0.5) is 4.79 Å². The van der Waals surface area contributed by atoms with Gasteiger partial charge in [-0.05, 0) is 58.9 Å². The van der Waals surface area contributed by atoms with Crippen molar-refractivity contribution in [2.24, 2.45) is 5.92 Å². The number of nitrogens with zero attached hydrogens (tertiary/aromatic N) is 3. The van der Waals surface area contributed by atoms with E-state index in [1.807, 2.05) is 23.6 Å². The average Bonchev–Trinajstić information content (AvgIpc) is 3.22. The topological polar surface area (TPSA) is 55.9 Å². The number of likely N-dealkylation sites (tertiary alicyclic amines) is 2. The van der Waals surface area contributed by atoms with Crippen molar-refractivity contribution in [1.29, 1.82) is 0 Å². The van der Waals surface area contributed by atoms with E-state index >= 15 is 0 Å². The fourth-order valence-corrected chi connectivity index (χ4v) is 5.39. The van der Waals surface area contributed by atoms with Crippen molar-refractivity contribution < 1.29 is 9.59 Å². The van der Waals surface area contributed by atoms with Gasteiger partial charge in [-0.3, -0.25) is 9.69 Å². The molecule has 0 aromatic rings. The van der Waals surface area contributed by atoms with Crippen LogP contribution in [-0.2, 0) is 4.79 Å². The SMILES string of the molecule is CCN(CC)C(=O)N1CCC[C@H](C(=O)NC[C@@H]2CCCN2C2CCCCC2)C1. The molecule has 3 aliphatic rings. The molecule has 2 atom stereocenters. The summed E-state index contributed by atoms with van der Waals surface area (Å²) in [5.41, 5.74) is 0. The number of carbonyl (C=O) groups excluding carboxylic acids is 2. The second-order valence-corrected chi connectivity index (χ2v) is 8.81. The van der Waals surface area contributed by atoms with Crippen molar-refractivity contribution >= 4 is 11.9 Å². The molecule has 3 amide bonds. The highest BCUT2D eigenvalue weighted by Gasteiger charge is 2.33. The molecule has 6 nitrogen and oxygen atoms in total. The van der Waals surface area contributed by atoms with Gasteiger partial charge < -0.3 is 15.1 Å². The number of hydrogen-bond donors (Lipinski definition) is 1. The van der Waals surface area contributed by atoms with Gasteiger partial charge in [0.15, 0.2) is 0 Å². The maximum Gasteiger partial charge on any atom is 0.320 e. The minimum Gasteiger partial charge on any atom is -0.354 e. The molecule has 6 heteroatoms. The van der Waals surface area contributed by atoms with Crippen LogP contribution in [0.3, 0.4) is 0 Å². The monoisotopic (exact) mass is 392 g/mol. The van der Waals surface area contributed by atoms with E-state index < -0.39 is 0 Å². The van der Waals surface area contributed by atoms with Gasteiger partial charge in [-0.15, -0.1) is 0 Å². The fraction of sp³-hybridized carbons (Fsp3) is 0.909. The summed E-state index contributed by atoms with van der Waals surface area (Å²) >= 11 is 0. The predicted octanol–water partition coefficient (Wildman–Crippen LogP) is 3.07. The summed E-state index contributed by atoms with van der Waals surface area (Å²) in [5.74, 6) is 0.0883. The Bertz CT molecular complexity index is 517. The van der Waals surface area contributed by atoms with Crippen molar-refractivity contribution in [2.45, 2.75) is 83.7 Å². The average molecular weight is 393 g/mol. The van der Waals surface area contributed by atoms with Gasteiger partial charge in [0, 0.05) is 44.8 Å². The van der Waals surface area contributed by atoms with E-state index in [4.69, 9.17) is 0 Å². The normalized spacial score (nSPS) is 27.0. The summed E-state index contributed by atoms with van der Waals surface area (Å²) < 4.78 is 0. The Hall–Kier alpha value is -1.30. The van der Waals surface area contributed by atoms with Gasteiger partial charge in [-0.2, -0.15) is 0 Å². The first-order valence-corrected chi connectivity index (χ1v) is 11.7. The van der Waals surface area contributed by atoms with Crippen LogP contribution in [0.2, 0.25) is 0 Å². The Morgan fingerprint density at radius 2 is 1.64 bits per heavy atom. The zero-order chi connectivity index (χ0) is 19.9. The Morgan fingerprint density at radius 3 is 2.36 bits per heavy atom. The Morgan fingerprint density at radius 1 is 0.929 bits per heavy atom. The molecule has 2 saturated heterocycles. The van der Waals surface area contributed by atoms with E-state index in [1.165, 1.54) is 51.5 Å².